The molecule has 0 N–H and O–H groups in total. The van der Waals surface area contributed by atoms with Gasteiger partial charge in [0.25, 0.3) is 0 Å². The molecule has 0 radical (unpaired) electrons. The van der Waals surface area contributed by atoms with Crippen molar-refractivity contribution in [2.45, 2.75) is 18.9 Å². The molecule has 0 aromatic heterocycles. The number of fused-ring (bicyclic) bond motifs is 6. The van der Waals surface area contributed by atoms with Crippen molar-refractivity contribution < 1.29 is 18.9 Å². The maximum Gasteiger partial charge on any atom is 0.231 e. The van der Waals surface area contributed by atoms with Crippen molar-refractivity contribution in [3.63, 3.8) is 0 Å². The fourth-order valence-electron chi connectivity index (χ4n) is 3.35. The first-order valence-corrected chi connectivity index (χ1v) is 7.13. The Morgan fingerprint density at radius 3 is 2.62 bits per heavy atom. The molecule has 2 atom stereocenters. The lowest BCUT2D eigenvalue weighted by atomic mass is 9.89. The minimum Gasteiger partial charge on any atom is -0.492 e. The first-order chi connectivity index (χ1) is 10.3. The SMILES string of the molecule is Cc1ccc2c(c1)OC[C@H]1c3cc4c(cc3O[C@@H]21)OCO4. The van der Waals surface area contributed by atoms with Crippen LogP contribution in [-0.2, 0) is 0 Å². The molecule has 3 aliphatic rings. The van der Waals surface area contributed by atoms with Gasteiger partial charge in [-0.3, -0.25) is 0 Å². The summed E-state index contributed by atoms with van der Waals surface area (Å²) in [5.74, 6) is 3.59. The normalized spacial score (nSPS) is 23.7. The third-order valence-corrected chi connectivity index (χ3v) is 4.42. The Morgan fingerprint density at radius 2 is 1.71 bits per heavy atom. The summed E-state index contributed by atoms with van der Waals surface area (Å²) >= 11 is 0. The first-order valence-electron chi connectivity index (χ1n) is 7.13. The predicted molar refractivity (Wildman–Crippen MR) is 75.3 cm³/mol. The van der Waals surface area contributed by atoms with Gasteiger partial charge in [0.1, 0.15) is 17.6 Å². The standard InChI is InChI=1S/C17H14O4/c1-9-2-3-10-13(4-9)18-7-12-11-5-15-16(20-8-19-15)6-14(11)21-17(10)12/h2-6,12,17H,7-8H2,1H3/t12-,17-/m0/s1. The lowest BCUT2D eigenvalue weighted by Gasteiger charge is -2.28. The molecule has 0 fully saturated rings. The van der Waals surface area contributed by atoms with Crippen molar-refractivity contribution in [3.8, 4) is 23.0 Å². The molecule has 0 saturated carbocycles. The maximum atomic E-state index is 6.19. The quantitative estimate of drug-likeness (QED) is 0.742. The summed E-state index contributed by atoms with van der Waals surface area (Å²) in [5, 5.41) is 0. The lowest BCUT2D eigenvalue weighted by molar-refractivity contribution is 0.138. The fraction of sp³-hybridized carbons (Fsp3) is 0.294. The topological polar surface area (TPSA) is 36.9 Å². The van der Waals surface area contributed by atoms with E-state index in [1.54, 1.807) is 0 Å². The molecule has 0 aliphatic carbocycles. The minimum absolute atomic E-state index is 0.0203. The molecule has 3 aliphatic heterocycles. The van der Waals surface area contributed by atoms with Crippen LogP contribution in [0, 0.1) is 6.92 Å². The summed E-state index contributed by atoms with van der Waals surface area (Å²) in [6, 6.07) is 10.2. The molecular weight excluding hydrogens is 268 g/mol. The zero-order valence-corrected chi connectivity index (χ0v) is 11.6. The average Bonchev–Trinajstić information content (AvgIpc) is 3.07. The molecule has 4 nitrogen and oxygen atoms in total. The number of hydrogen-bond donors (Lipinski definition) is 0. The molecule has 0 bridgehead atoms. The number of hydrogen-bond acceptors (Lipinski definition) is 4. The van der Waals surface area contributed by atoms with E-state index < -0.39 is 0 Å². The smallest absolute Gasteiger partial charge is 0.231 e. The predicted octanol–water partition coefficient (Wildman–Crippen LogP) is 3.33. The molecular formula is C17H14O4. The Kier molecular flexibility index (Phi) is 2.07. The summed E-state index contributed by atoms with van der Waals surface area (Å²) < 4.78 is 23.0. The van der Waals surface area contributed by atoms with Gasteiger partial charge in [-0.2, -0.15) is 0 Å². The monoisotopic (exact) mass is 282 g/mol. The van der Waals surface area contributed by atoms with Crippen molar-refractivity contribution in [3.05, 3.63) is 47.0 Å². The van der Waals surface area contributed by atoms with Gasteiger partial charge in [0, 0.05) is 17.2 Å². The highest BCUT2D eigenvalue weighted by atomic mass is 16.7. The molecule has 2 aromatic carbocycles. The van der Waals surface area contributed by atoms with Crippen LogP contribution in [0.5, 0.6) is 23.0 Å². The van der Waals surface area contributed by atoms with Gasteiger partial charge in [-0.15, -0.1) is 0 Å². The van der Waals surface area contributed by atoms with E-state index in [1.807, 2.05) is 12.1 Å². The van der Waals surface area contributed by atoms with Gasteiger partial charge in [0.15, 0.2) is 11.5 Å². The van der Waals surface area contributed by atoms with Crippen LogP contribution < -0.4 is 18.9 Å². The second-order valence-corrected chi connectivity index (χ2v) is 5.74. The summed E-state index contributed by atoms with van der Waals surface area (Å²) in [5.41, 5.74) is 3.47. The highest BCUT2D eigenvalue weighted by Gasteiger charge is 2.41. The molecule has 21 heavy (non-hydrogen) atoms. The molecule has 4 heteroatoms. The third-order valence-electron chi connectivity index (χ3n) is 4.42. The number of ether oxygens (including phenoxy) is 4. The van der Waals surface area contributed by atoms with E-state index in [0.717, 1.165) is 34.1 Å². The third kappa shape index (κ3) is 1.50. The molecule has 0 saturated heterocycles. The summed E-state index contributed by atoms with van der Waals surface area (Å²) in [6.07, 6.45) is 0.0203. The van der Waals surface area contributed by atoms with E-state index in [-0.39, 0.29) is 18.8 Å². The van der Waals surface area contributed by atoms with Crippen molar-refractivity contribution in [1.82, 2.24) is 0 Å². The van der Waals surface area contributed by atoms with Crippen LogP contribution in [0.4, 0.5) is 0 Å². The highest BCUT2D eigenvalue weighted by molar-refractivity contribution is 5.57. The zero-order chi connectivity index (χ0) is 14.0. The van der Waals surface area contributed by atoms with Gasteiger partial charge in [0.2, 0.25) is 6.79 Å². The van der Waals surface area contributed by atoms with E-state index in [4.69, 9.17) is 18.9 Å². The Hall–Kier alpha value is -2.36. The maximum absolute atomic E-state index is 6.19. The van der Waals surface area contributed by atoms with Crippen molar-refractivity contribution in [2.75, 3.05) is 13.4 Å². The molecule has 106 valence electrons. The van der Waals surface area contributed by atoms with Crippen molar-refractivity contribution in [2.24, 2.45) is 0 Å². The minimum atomic E-state index is 0.0203. The van der Waals surface area contributed by atoms with Gasteiger partial charge in [0.05, 0.1) is 12.5 Å². The van der Waals surface area contributed by atoms with E-state index in [1.165, 1.54) is 5.56 Å². The number of aryl methyl sites for hydroxylation is 1. The molecule has 0 amide bonds. The first kappa shape index (κ1) is 11.3. The second kappa shape index (κ2) is 3.85. The summed E-state index contributed by atoms with van der Waals surface area (Å²) in [4.78, 5) is 0. The van der Waals surface area contributed by atoms with Gasteiger partial charge in [-0.1, -0.05) is 12.1 Å². The summed E-state index contributed by atoms with van der Waals surface area (Å²) in [6.45, 7) is 2.98. The molecule has 5 rings (SSSR count). The van der Waals surface area contributed by atoms with Crippen molar-refractivity contribution in [1.29, 1.82) is 0 Å². The molecule has 0 spiro atoms. The van der Waals surface area contributed by atoms with Gasteiger partial charge < -0.3 is 18.9 Å². The Labute approximate surface area is 122 Å². The van der Waals surface area contributed by atoms with E-state index >= 15 is 0 Å². The second-order valence-electron chi connectivity index (χ2n) is 5.74. The fourth-order valence-corrected chi connectivity index (χ4v) is 3.35. The van der Waals surface area contributed by atoms with Crippen LogP contribution in [0.15, 0.2) is 30.3 Å². The van der Waals surface area contributed by atoms with Crippen LogP contribution in [0.1, 0.15) is 28.7 Å². The molecule has 3 heterocycles. The van der Waals surface area contributed by atoms with Gasteiger partial charge in [-0.05, 0) is 24.6 Å². The molecule has 0 unspecified atom stereocenters. The van der Waals surface area contributed by atoms with Crippen LogP contribution in [0.3, 0.4) is 0 Å². The number of benzene rings is 2. The van der Waals surface area contributed by atoms with Crippen LogP contribution in [0.2, 0.25) is 0 Å². The largest absolute Gasteiger partial charge is 0.492 e. The lowest BCUT2D eigenvalue weighted by Crippen LogP contribution is -2.23. The Bertz CT molecular complexity index is 753. The Balaban J connectivity index is 1.62. The van der Waals surface area contributed by atoms with Crippen molar-refractivity contribution >= 4 is 0 Å². The average molecular weight is 282 g/mol. The van der Waals surface area contributed by atoms with Gasteiger partial charge >= 0.3 is 0 Å². The summed E-state index contributed by atoms with van der Waals surface area (Å²) in [7, 11) is 0. The Morgan fingerprint density at radius 1 is 0.857 bits per heavy atom. The van der Waals surface area contributed by atoms with E-state index in [2.05, 4.69) is 25.1 Å². The van der Waals surface area contributed by atoms with E-state index in [9.17, 15) is 0 Å². The van der Waals surface area contributed by atoms with Gasteiger partial charge in [-0.25, -0.2) is 0 Å². The van der Waals surface area contributed by atoms with Crippen LogP contribution >= 0.6 is 0 Å². The van der Waals surface area contributed by atoms with E-state index in [0.29, 0.717) is 6.61 Å². The highest BCUT2D eigenvalue weighted by Crippen LogP contribution is 2.54. The number of rotatable bonds is 0. The molecule has 2 aromatic rings. The van der Waals surface area contributed by atoms with Crippen LogP contribution in [0.25, 0.3) is 0 Å². The van der Waals surface area contributed by atoms with Crippen LogP contribution in [-0.4, -0.2) is 13.4 Å². The zero-order valence-electron chi connectivity index (χ0n) is 11.6.